The van der Waals surface area contributed by atoms with Crippen LogP contribution in [0.25, 0.3) is 10.8 Å². The molecule has 0 radical (unpaired) electrons. The number of benzene rings is 3. The molecule has 0 aliphatic rings. The standard InChI is InChI=1S/C17H15NO/c1-2-10-16(11-3-1)18-19-13-15-9-6-8-14-7-4-5-12-17(14)15/h1-12,18H,13H2. The number of nitrogens with one attached hydrogen (secondary N) is 1. The van der Waals surface area contributed by atoms with E-state index in [2.05, 4.69) is 47.9 Å². The summed E-state index contributed by atoms with van der Waals surface area (Å²) in [6.07, 6.45) is 0. The van der Waals surface area contributed by atoms with Crippen molar-refractivity contribution in [2.45, 2.75) is 6.61 Å². The lowest BCUT2D eigenvalue weighted by molar-refractivity contribution is 0.181. The first-order valence-corrected chi connectivity index (χ1v) is 6.33. The van der Waals surface area contributed by atoms with Gasteiger partial charge in [-0.15, -0.1) is 0 Å². The lowest BCUT2D eigenvalue weighted by Gasteiger charge is -2.09. The van der Waals surface area contributed by atoms with Gasteiger partial charge in [0.15, 0.2) is 0 Å². The molecular formula is C17H15NO. The molecule has 0 spiro atoms. The Morgan fingerprint density at radius 1 is 0.737 bits per heavy atom. The highest BCUT2D eigenvalue weighted by atomic mass is 16.6. The molecule has 3 rings (SSSR count). The number of hydrogen-bond donors (Lipinski definition) is 1. The molecular weight excluding hydrogens is 234 g/mol. The molecule has 0 bridgehead atoms. The molecule has 0 aliphatic heterocycles. The maximum absolute atomic E-state index is 5.56. The summed E-state index contributed by atoms with van der Waals surface area (Å²) in [6, 6.07) is 24.5. The van der Waals surface area contributed by atoms with E-state index in [0.717, 1.165) is 5.69 Å². The van der Waals surface area contributed by atoms with E-state index in [4.69, 9.17) is 4.84 Å². The number of para-hydroxylation sites is 1. The summed E-state index contributed by atoms with van der Waals surface area (Å²) in [5.41, 5.74) is 5.10. The van der Waals surface area contributed by atoms with Crippen molar-refractivity contribution in [2.24, 2.45) is 0 Å². The molecule has 0 atom stereocenters. The van der Waals surface area contributed by atoms with Crippen LogP contribution >= 0.6 is 0 Å². The third kappa shape index (κ3) is 2.75. The Morgan fingerprint density at radius 2 is 1.47 bits per heavy atom. The monoisotopic (exact) mass is 249 g/mol. The van der Waals surface area contributed by atoms with Gasteiger partial charge in [0.25, 0.3) is 0 Å². The normalized spacial score (nSPS) is 10.5. The fourth-order valence-corrected chi connectivity index (χ4v) is 2.12. The third-order valence-electron chi connectivity index (χ3n) is 3.07. The van der Waals surface area contributed by atoms with Crippen LogP contribution in [0.5, 0.6) is 0 Å². The van der Waals surface area contributed by atoms with Gasteiger partial charge in [0.05, 0.1) is 5.69 Å². The Morgan fingerprint density at radius 3 is 2.37 bits per heavy atom. The van der Waals surface area contributed by atoms with Crippen LogP contribution in [-0.2, 0) is 11.4 Å². The lowest BCUT2D eigenvalue weighted by Crippen LogP contribution is -2.01. The molecule has 0 aliphatic carbocycles. The second-order valence-corrected chi connectivity index (χ2v) is 4.40. The molecule has 0 fully saturated rings. The zero-order valence-corrected chi connectivity index (χ0v) is 10.5. The van der Waals surface area contributed by atoms with Crippen molar-refractivity contribution in [3.05, 3.63) is 78.4 Å². The van der Waals surface area contributed by atoms with E-state index >= 15 is 0 Å². The van der Waals surface area contributed by atoms with E-state index in [0.29, 0.717) is 6.61 Å². The van der Waals surface area contributed by atoms with Crippen LogP contribution in [0.4, 0.5) is 5.69 Å². The van der Waals surface area contributed by atoms with E-state index < -0.39 is 0 Å². The molecule has 0 heterocycles. The second kappa shape index (κ2) is 5.55. The van der Waals surface area contributed by atoms with Gasteiger partial charge in [-0.1, -0.05) is 60.7 Å². The van der Waals surface area contributed by atoms with E-state index in [9.17, 15) is 0 Å². The number of fused-ring (bicyclic) bond motifs is 1. The molecule has 0 amide bonds. The topological polar surface area (TPSA) is 21.3 Å². The number of rotatable bonds is 4. The lowest BCUT2D eigenvalue weighted by atomic mass is 10.1. The van der Waals surface area contributed by atoms with Gasteiger partial charge in [0, 0.05) is 0 Å². The van der Waals surface area contributed by atoms with Crippen LogP contribution in [0.2, 0.25) is 0 Å². The zero-order chi connectivity index (χ0) is 12.9. The minimum Gasteiger partial charge on any atom is -0.271 e. The van der Waals surface area contributed by atoms with Gasteiger partial charge >= 0.3 is 0 Å². The maximum Gasteiger partial charge on any atom is 0.100 e. The Hall–Kier alpha value is -2.32. The largest absolute Gasteiger partial charge is 0.271 e. The summed E-state index contributed by atoms with van der Waals surface area (Å²) in [5, 5.41) is 2.48. The van der Waals surface area contributed by atoms with E-state index in [1.807, 2.05) is 30.3 Å². The van der Waals surface area contributed by atoms with Gasteiger partial charge in [0.1, 0.15) is 6.61 Å². The van der Waals surface area contributed by atoms with Crippen LogP contribution < -0.4 is 5.48 Å². The van der Waals surface area contributed by atoms with E-state index in [-0.39, 0.29) is 0 Å². The molecule has 2 heteroatoms. The molecule has 0 unspecified atom stereocenters. The van der Waals surface area contributed by atoms with Crippen molar-refractivity contribution in [3.63, 3.8) is 0 Å². The first-order chi connectivity index (χ1) is 9.43. The SMILES string of the molecule is c1ccc(NOCc2cccc3ccccc23)cc1. The second-order valence-electron chi connectivity index (χ2n) is 4.40. The Kier molecular flexibility index (Phi) is 3.43. The van der Waals surface area contributed by atoms with Crippen LogP contribution in [0.3, 0.4) is 0 Å². The predicted octanol–water partition coefficient (Wildman–Crippen LogP) is 4.38. The molecule has 0 saturated heterocycles. The molecule has 94 valence electrons. The molecule has 2 nitrogen and oxygen atoms in total. The highest BCUT2D eigenvalue weighted by Crippen LogP contribution is 2.19. The smallest absolute Gasteiger partial charge is 0.100 e. The fourth-order valence-electron chi connectivity index (χ4n) is 2.12. The highest BCUT2D eigenvalue weighted by molar-refractivity contribution is 5.85. The fraction of sp³-hybridized carbons (Fsp3) is 0.0588. The minimum atomic E-state index is 0.538. The summed E-state index contributed by atoms with van der Waals surface area (Å²) in [5.74, 6) is 0. The van der Waals surface area contributed by atoms with Crippen molar-refractivity contribution in [1.82, 2.24) is 0 Å². The molecule has 3 aromatic rings. The van der Waals surface area contributed by atoms with Crippen LogP contribution in [-0.4, -0.2) is 0 Å². The summed E-state index contributed by atoms with van der Waals surface area (Å²) >= 11 is 0. The highest BCUT2D eigenvalue weighted by Gasteiger charge is 2.00. The van der Waals surface area contributed by atoms with Crippen molar-refractivity contribution >= 4 is 16.5 Å². The maximum atomic E-state index is 5.56. The van der Waals surface area contributed by atoms with Crippen molar-refractivity contribution in [1.29, 1.82) is 0 Å². The number of hydrogen-bond acceptors (Lipinski definition) is 2. The van der Waals surface area contributed by atoms with E-state index in [1.54, 1.807) is 0 Å². The summed E-state index contributed by atoms with van der Waals surface area (Å²) in [6.45, 7) is 0.538. The van der Waals surface area contributed by atoms with Gasteiger partial charge in [-0.3, -0.25) is 10.3 Å². The minimum absolute atomic E-state index is 0.538. The Balaban J connectivity index is 1.72. The molecule has 3 aromatic carbocycles. The summed E-state index contributed by atoms with van der Waals surface area (Å²) in [4.78, 5) is 5.56. The van der Waals surface area contributed by atoms with Crippen LogP contribution in [0.15, 0.2) is 72.8 Å². The molecule has 1 N–H and O–H groups in total. The summed E-state index contributed by atoms with van der Waals surface area (Å²) in [7, 11) is 0. The van der Waals surface area contributed by atoms with Crippen molar-refractivity contribution < 1.29 is 4.84 Å². The zero-order valence-electron chi connectivity index (χ0n) is 10.5. The molecule has 0 aromatic heterocycles. The first-order valence-electron chi connectivity index (χ1n) is 6.33. The average molecular weight is 249 g/mol. The Labute approximate surface area is 112 Å². The van der Waals surface area contributed by atoms with Crippen LogP contribution in [0, 0.1) is 0 Å². The van der Waals surface area contributed by atoms with Crippen LogP contribution in [0.1, 0.15) is 5.56 Å². The van der Waals surface area contributed by atoms with Crippen molar-refractivity contribution in [2.75, 3.05) is 5.48 Å². The van der Waals surface area contributed by atoms with Gasteiger partial charge in [-0.05, 0) is 28.5 Å². The first kappa shape index (κ1) is 11.8. The Bertz CT molecular complexity index is 659. The third-order valence-corrected chi connectivity index (χ3v) is 3.07. The van der Waals surface area contributed by atoms with Gasteiger partial charge in [0.2, 0.25) is 0 Å². The van der Waals surface area contributed by atoms with Gasteiger partial charge in [-0.25, -0.2) is 0 Å². The van der Waals surface area contributed by atoms with Gasteiger partial charge < -0.3 is 0 Å². The number of anilines is 1. The predicted molar refractivity (Wildman–Crippen MR) is 78.8 cm³/mol. The summed E-state index contributed by atoms with van der Waals surface area (Å²) < 4.78 is 0. The van der Waals surface area contributed by atoms with E-state index in [1.165, 1.54) is 16.3 Å². The molecule has 0 saturated carbocycles. The average Bonchev–Trinajstić information content (AvgIpc) is 2.49. The molecule has 19 heavy (non-hydrogen) atoms. The van der Waals surface area contributed by atoms with Crippen molar-refractivity contribution in [3.8, 4) is 0 Å². The van der Waals surface area contributed by atoms with Gasteiger partial charge in [-0.2, -0.15) is 0 Å². The quantitative estimate of drug-likeness (QED) is 0.693.